The molecule has 0 saturated heterocycles. The molecule has 4 heteroatoms. The summed E-state index contributed by atoms with van der Waals surface area (Å²) < 4.78 is 26.5. The minimum absolute atomic E-state index is 0.287. The van der Waals surface area contributed by atoms with Crippen LogP contribution in [0.3, 0.4) is 0 Å². The van der Waals surface area contributed by atoms with Crippen LogP contribution in [0.2, 0.25) is 0 Å². The van der Waals surface area contributed by atoms with Crippen LogP contribution in [0.15, 0.2) is 54.6 Å². The van der Waals surface area contributed by atoms with Crippen LogP contribution in [0.4, 0.5) is 8.78 Å². The number of nitrogens with one attached hydrogen (secondary N) is 1. The molecule has 1 unspecified atom stereocenters. The van der Waals surface area contributed by atoms with Gasteiger partial charge in [-0.2, -0.15) is 0 Å². The second kappa shape index (κ2) is 5.58. The van der Waals surface area contributed by atoms with Crippen LogP contribution in [-0.2, 0) is 0 Å². The number of fused-ring (bicyclic) bond motifs is 1. The van der Waals surface area contributed by atoms with Gasteiger partial charge in [0.25, 0.3) is 0 Å². The van der Waals surface area contributed by atoms with Crippen LogP contribution >= 0.6 is 0 Å². The minimum Gasteiger partial charge on any atom is -0.308 e. The normalized spacial score (nSPS) is 12.5. The van der Waals surface area contributed by atoms with Crippen molar-refractivity contribution in [3.63, 3.8) is 0 Å². The smallest absolute Gasteiger partial charge is 0.159 e. The number of rotatable bonds is 3. The molecule has 106 valence electrons. The van der Waals surface area contributed by atoms with Crippen molar-refractivity contribution in [2.45, 2.75) is 6.04 Å². The largest absolute Gasteiger partial charge is 0.308 e. The van der Waals surface area contributed by atoms with Crippen LogP contribution in [0.1, 0.15) is 17.3 Å². The molecule has 1 atom stereocenters. The molecule has 0 aliphatic rings. The van der Waals surface area contributed by atoms with Gasteiger partial charge in [-0.25, -0.2) is 8.78 Å². The molecule has 2 nitrogen and oxygen atoms in total. The quantitative estimate of drug-likeness (QED) is 0.791. The maximum Gasteiger partial charge on any atom is 0.159 e. The van der Waals surface area contributed by atoms with E-state index in [1.165, 1.54) is 6.07 Å². The van der Waals surface area contributed by atoms with E-state index in [1.807, 2.05) is 36.4 Å². The molecule has 0 aliphatic carbocycles. The average Bonchev–Trinajstić information content (AvgIpc) is 2.51. The minimum atomic E-state index is -0.853. The maximum atomic E-state index is 13.4. The zero-order chi connectivity index (χ0) is 14.8. The molecular weight excluding hydrogens is 270 g/mol. The molecule has 0 amide bonds. The van der Waals surface area contributed by atoms with E-state index in [2.05, 4.69) is 10.3 Å². The summed E-state index contributed by atoms with van der Waals surface area (Å²) in [4.78, 5) is 4.60. The fraction of sp³-hybridized carbons (Fsp3) is 0.118. The highest BCUT2D eigenvalue weighted by atomic mass is 19.2. The lowest BCUT2D eigenvalue weighted by Gasteiger charge is -2.17. The first-order chi connectivity index (χ1) is 10.2. The number of pyridine rings is 1. The van der Waals surface area contributed by atoms with Gasteiger partial charge in [-0.1, -0.05) is 30.3 Å². The van der Waals surface area contributed by atoms with Crippen molar-refractivity contribution in [1.29, 1.82) is 0 Å². The molecule has 0 saturated carbocycles. The van der Waals surface area contributed by atoms with Crippen molar-refractivity contribution in [1.82, 2.24) is 10.3 Å². The van der Waals surface area contributed by atoms with Gasteiger partial charge in [0, 0.05) is 5.39 Å². The first-order valence-electron chi connectivity index (χ1n) is 6.67. The number of nitrogens with zero attached hydrogens (tertiary/aromatic N) is 1. The summed E-state index contributed by atoms with van der Waals surface area (Å²) in [5, 5.41) is 4.14. The summed E-state index contributed by atoms with van der Waals surface area (Å²) in [5.74, 6) is -1.70. The summed E-state index contributed by atoms with van der Waals surface area (Å²) in [6.07, 6.45) is 0. The first kappa shape index (κ1) is 13.6. The molecule has 1 aromatic heterocycles. The summed E-state index contributed by atoms with van der Waals surface area (Å²) in [7, 11) is 1.77. The summed E-state index contributed by atoms with van der Waals surface area (Å²) in [5.41, 5.74) is 2.28. The summed E-state index contributed by atoms with van der Waals surface area (Å²) >= 11 is 0. The van der Waals surface area contributed by atoms with E-state index in [-0.39, 0.29) is 6.04 Å². The Kier molecular flexibility index (Phi) is 3.62. The first-order valence-corrected chi connectivity index (χ1v) is 6.67. The molecule has 1 heterocycles. The molecule has 3 aromatic rings. The topological polar surface area (TPSA) is 24.9 Å². The van der Waals surface area contributed by atoms with Crippen LogP contribution in [0.25, 0.3) is 10.9 Å². The lowest BCUT2D eigenvalue weighted by Crippen LogP contribution is -2.19. The zero-order valence-corrected chi connectivity index (χ0v) is 11.5. The van der Waals surface area contributed by atoms with Gasteiger partial charge < -0.3 is 5.32 Å². The predicted molar refractivity (Wildman–Crippen MR) is 79.0 cm³/mol. The lowest BCUT2D eigenvalue weighted by molar-refractivity contribution is 0.504. The molecule has 0 radical (unpaired) electrons. The van der Waals surface area contributed by atoms with Crippen molar-refractivity contribution in [2.75, 3.05) is 7.05 Å². The Bertz CT molecular complexity index is 787. The molecule has 0 bridgehead atoms. The highest BCUT2D eigenvalue weighted by Crippen LogP contribution is 2.24. The van der Waals surface area contributed by atoms with Crippen LogP contribution < -0.4 is 5.32 Å². The van der Waals surface area contributed by atoms with Gasteiger partial charge >= 0.3 is 0 Å². The van der Waals surface area contributed by atoms with Crippen LogP contribution in [0, 0.1) is 11.6 Å². The van der Waals surface area contributed by atoms with Crippen molar-refractivity contribution >= 4 is 10.9 Å². The Morgan fingerprint density at radius 3 is 2.52 bits per heavy atom. The van der Waals surface area contributed by atoms with E-state index >= 15 is 0 Å². The van der Waals surface area contributed by atoms with Crippen LogP contribution in [0.5, 0.6) is 0 Å². The van der Waals surface area contributed by atoms with Crippen molar-refractivity contribution in [3.8, 4) is 0 Å². The third-order valence-corrected chi connectivity index (χ3v) is 3.48. The van der Waals surface area contributed by atoms with Crippen molar-refractivity contribution < 1.29 is 8.78 Å². The fourth-order valence-electron chi connectivity index (χ4n) is 2.42. The second-order valence-corrected chi connectivity index (χ2v) is 4.82. The monoisotopic (exact) mass is 284 g/mol. The molecule has 0 aliphatic heterocycles. The van der Waals surface area contributed by atoms with E-state index in [0.717, 1.165) is 22.7 Å². The summed E-state index contributed by atoms with van der Waals surface area (Å²) in [6.45, 7) is 0. The molecule has 2 aromatic carbocycles. The van der Waals surface area contributed by atoms with Gasteiger partial charge in [0.15, 0.2) is 11.6 Å². The van der Waals surface area contributed by atoms with Crippen LogP contribution in [-0.4, -0.2) is 12.0 Å². The lowest BCUT2D eigenvalue weighted by atomic mass is 10.0. The molecule has 1 N–H and O–H groups in total. The fourth-order valence-corrected chi connectivity index (χ4v) is 2.42. The molecule has 21 heavy (non-hydrogen) atoms. The molecule has 0 fully saturated rings. The Balaban J connectivity index is 2.06. The van der Waals surface area contributed by atoms with E-state index in [0.29, 0.717) is 5.56 Å². The highest BCUT2D eigenvalue weighted by Gasteiger charge is 2.15. The van der Waals surface area contributed by atoms with Crippen molar-refractivity contribution in [3.05, 3.63) is 77.5 Å². The van der Waals surface area contributed by atoms with Gasteiger partial charge in [-0.15, -0.1) is 0 Å². The van der Waals surface area contributed by atoms with Gasteiger partial charge in [-0.05, 0) is 36.9 Å². The highest BCUT2D eigenvalue weighted by molar-refractivity contribution is 5.78. The van der Waals surface area contributed by atoms with Gasteiger partial charge in [0.2, 0.25) is 0 Å². The maximum absolute atomic E-state index is 13.4. The van der Waals surface area contributed by atoms with E-state index in [1.54, 1.807) is 13.1 Å². The van der Waals surface area contributed by atoms with Crippen molar-refractivity contribution in [2.24, 2.45) is 0 Å². The predicted octanol–water partition coefficient (Wildman–Crippen LogP) is 3.82. The molecule has 0 spiro atoms. The third kappa shape index (κ3) is 2.62. The second-order valence-electron chi connectivity index (χ2n) is 4.82. The number of para-hydroxylation sites is 1. The van der Waals surface area contributed by atoms with Gasteiger partial charge in [0.1, 0.15) is 0 Å². The van der Waals surface area contributed by atoms with E-state index in [9.17, 15) is 8.78 Å². The van der Waals surface area contributed by atoms with Gasteiger partial charge in [0.05, 0.1) is 17.3 Å². The Labute approximate surface area is 121 Å². The van der Waals surface area contributed by atoms with Gasteiger partial charge in [-0.3, -0.25) is 4.98 Å². The number of aromatic nitrogens is 1. The summed E-state index contributed by atoms with van der Waals surface area (Å²) in [6, 6.07) is 15.3. The third-order valence-electron chi connectivity index (χ3n) is 3.48. The Morgan fingerprint density at radius 2 is 1.76 bits per heavy atom. The number of halogens is 2. The average molecular weight is 284 g/mol. The molecular formula is C17H14F2N2. The zero-order valence-electron chi connectivity index (χ0n) is 11.5. The Morgan fingerprint density at radius 1 is 0.952 bits per heavy atom. The standard InChI is InChI=1S/C17H14F2N2/c1-20-17(12-6-8-13(18)14(19)10-12)16-9-7-11-4-2-3-5-15(11)21-16/h2-10,17,20H,1H3. The number of benzene rings is 2. The number of hydrogen-bond donors (Lipinski definition) is 1. The van der Waals surface area contributed by atoms with E-state index in [4.69, 9.17) is 0 Å². The number of hydrogen-bond acceptors (Lipinski definition) is 2. The Hall–Kier alpha value is -2.33. The van der Waals surface area contributed by atoms with E-state index < -0.39 is 11.6 Å². The SMILES string of the molecule is CNC(c1ccc(F)c(F)c1)c1ccc2ccccc2n1. The molecule has 3 rings (SSSR count).